The molecule has 120 valence electrons. The summed E-state index contributed by atoms with van der Waals surface area (Å²) in [6.07, 6.45) is 6.31. The molecule has 0 N–H and O–H groups in total. The number of hydrogen-bond donors (Lipinski definition) is 0. The molecule has 3 nitrogen and oxygen atoms in total. The summed E-state index contributed by atoms with van der Waals surface area (Å²) in [5, 5.41) is 1.91. The van der Waals surface area contributed by atoms with Crippen molar-refractivity contribution in [3.63, 3.8) is 0 Å². The Kier molecular flexibility index (Phi) is 8.94. The number of benzene rings is 2. The number of hydrogen-bond acceptors (Lipinski definition) is 3. The average molecular weight is 359 g/mol. The van der Waals surface area contributed by atoms with E-state index in [9.17, 15) is 13.0 Å². The molecule has 2 rings (SSSR count). The third-order valence-corrected chi connectivity index (χ3v) is 4.90. The van der Waals surface area contributed by atoms with E-state index in [1.54, 1.807) is 12.1 Å². The Balaban J connectivity index is 0.00000264. The van der Waals surface area contributed by atoms with Gasteiger partial charge in [0.25, 0.3) is 0 Å². The quantitative estimate of drug-likeness (QED) is 0.556. The van der Waals surface area contributed by atoms with Gasteiger partial charge in [-0.25, -0.2) is 8.42 Å². The van der Waals surface area contributed by atoms with Gasteiger partial charge >= 0.3 is 51.4 Å². The van der Waals surface area contributed by atoms with Crippen LogP contribution in [0.4, 0.5) is 0 Å². The number of aryl methyl sites for hydroxylation is 2. The van der Waals surface area contributed by atoms with Gasteiger partial charge in [0.15, 0.2) is 0 Å². The van der Waals surface area contributed by atoms with E-state index in [4.69, 9.17) is 0 Å². The second-order valence-corrected chi connectivity index (χ2v) is 7.13. The maximum absolute atomic E-state index is 11.3. The zero-order valence-electron chi connectivity index (χ0n) is 14.3. The summed E-state index contributed by atoms with van der Waals surface area (Å²) >= 11 is 0. The zero-order chi connectivity index (χ0) is 16.2. The van der Waals surface area contributed by atoms with Crippen molar-refractivity contribution in [1.82, 2.24) is 0 Å². The summed E-state index contributed by atoms with van der Waals surface area (Å²) in [4.78, 5) is -0.134. The molecule has 2 aromatic rings. The molecule has 0 amide bonds. The van der Waals surface area contributed by atoms with Crippen LogP contribution in [0.2, 0.25) is 0 Å². The van der Waals surface area contributed by atoms with E-state index >= 15 is 0 Å². The van der Waals surface area contributed by atoms with Crippen molar-refractivity contribution < 1.29 is 64.4 Å². The monoisotopic (exact) mass is 358 g/mol. The molecule has 2 aromatic carbocycles. The molecule has 0 saturated heterocycles. The van der Waals surface area contributed by atoms with Crippen LogP contribution in [0.3, 0.4) is 0 Å². The number of fused-ring (bicyclic) bond motifs is 1. The molecule has 0 atom stereocenters. The van der Waals surface area contributed by atoms with Crippen LogP contribution in [0.1, 0.15) is 50.7 Å². The van der Waals surface area contributed by atoms with Crippen molar-refractivity contribution in [2.75, 3.05) is 0 Å². The van der Waals surface area contributed by atoms with Crippen LogP contribution >= 0.6 is 0 Å². The van der Waals surface area contributed by atoms with Crippen LogP contribution < -0.4 is 51.4 Å². The van der Waals surface area contributed by atoms with Crippen LogP contribution in [0.15, 0.2) is 35.2 Å². The van der Waals surface area contributed by atoms with Crippen LogP contribution in [-0.4, -0.2) is 13.0 Å². The second-order valence-electron chi connectivity index (χ2n) is 5.75. The number of unbranched alkanes of at least 4 members (excludes halogenated alkanes) is 2. The van der Waals surface area contributed by atoms with E-state index in [0.717, 1.165) is 49.3 Å². The van der Waals surface area contributed by atoms with Gasteiger partial charge in [-0.15, -0.1) is 0 Å². The van der Waals surface area contributed by atoms with E-state index < -0.39 is 10.1 Å². The minimum Gasteiger partial charge on any atom is -0.744 e. The third-order valence-electron chi connectivity index (χ3n) is 4.07. The predicted octanol–water partition coefficient (Wildman–Crippen LogP) is 1.43. The first-order valence-electron chi connectivity index (χ1n) is 7.97. The minimum atomic E-state index is -4.41. The van der Waals surface area contributed by atoms with Crippen LogP contribution in [0, 0.1) is 0 Å². The Morgan fingerprint density at radius 2 is 1.57 bits per heavy atom. The fourth-order valence-electron chi connectivity index (χ4n) is 2.81. The second kappa shape index (κ2) is 9.66. The molecular weight excluding hydrogens is 335 g/mol. The van der Waals surface area contributed by atoms with Gasteiger partial charge in [-0.2, -0.15) is 0 Å². The van der Waals surface area contributed by atoms with E-state index in [0.29, 0.717) is 0 Å². The largest absolute Gasteiger partial charge is 1.00 e. The van der Waals surface area contributed by atoms with Gasteiger partial charge in [-0.05, 0) is 59.7 Å². The van der Waals surface area contributed by atoms with E-state index in [-0.39, 0.29) is 56.3 Å². The van der Waals surface area contributed by atoms with Crippen molar-refractivity contribution in [3.8, 4) is 0 Å². The van der Waals surface area contributed by atoms with E-state index in [2.05, 4.69) is 19.9 Å². The summed E-state index contributed by atoms with van der Waals surface area (Å²) in [6.45, 7) is 4.30. The Morgan fingerprint density at radius 1 is 0.957 bits per heavy atom. The maximum Gasteiger partial charge on any atom is 1.00 e. The molecule has 0 fully saturated rings. The first kappa shape index (κ1) is 21.3. The normalized spacial score (nSPS) is 11.4. The van der Waals surface area contributed by atoms with E-state index in [1.165, 1.54) is 17.2 Å². The standard InChI is InChI=1S/C18H24O3S.K/c1-3-5-7-14-9-10-15-11-12-16(22(19,20)21)13-18(15)17(14)8-6-4-2;/h9-13H,3-8H2,1-2H3,(H,19,20,21);/q;+1/p-1. The first-order chi connectivity index (χ1) is 10.5. The van der Waals surface area contributed by atoms with Gasteiger partial charge in [0.2, 0.25) is 0 Å². The molecule has 0 aliphatic heterocycles. The first-order valence-corrected chi connectivity index (χ1v) is 9.38. The van der Waals surface area contributed by atoms with Crippen LogP contribution in [-0.2, 0) is 23.0 Å². The molecule has 0 saturated carbocycles. The van der Waals surface area contributed by atoms with E-state index in [1.807, 2.05) is 6.07 Å². The van der Waals surface area contributed by atoms with Gasteiger partial charge in [0, 0.05) is 0 Å². The number of rotatable bonds is 7. The molecule has 23 heavy (non-hydrogen) atoms. The van der Waals surface area contributed by atoms with Crippen LogP contribution in [0.5, 0.6) is 0 Å². The SMILES string of the molecule is CCCCc1ccc2ccc(S(=O)(=O)[O-])cc2c1CCCC.[K+]. The molecule has 0 aliphatic carbocycles. The van der Waals surface area contributed by atoms with Crippen molar-refractivity contribution >= 4 is 20.9 Å². The zero-order valence-corrected chi connectivity index (χ0v) is 18.2. The smallest absolute Gasteiger partial charge is 0.744 e. The van der Waals surface area contributed by atoms with Crippen molar-refractivity contribution in [3.05, 3.63) is 41.5 Å². The van der Waals surface area contributed by atoms with Gasteiger partial charge in [0.1, 0.15) is 10.1 Å². The molecule has 0 unspecified atom stereocenters. The maximum atomic E-state index is 11.3. The molecule has 0 aliphatic rings. The van der Waals surface area contributed by atoms with Gasteiger partial charge < -0.3 is 4.55 Å². The molecular formula is C18H23KO3S. The Morgan fingerprint density at radius 3 is 2.17 bits per heavy atom. The van der Waals surface area contributed by atoms with Gasteiger partial charge in [-0.1, -0.05) is 44.9 Å². The Hall–Kier alpha value is 0.246. The topological polar surface area (TPSA) is 57.2 Å². The Labute approximate surface area is 182 Å². The van der Waals surface area contributed by atoms with Crippen molar-refractivity contribution in [2.24, 2.45) is 0 Å². The minimum absolute atomic E-state index is 0. The molecule has 0 radical (unpaired) electrons. The summed E-state index contributed by atoms with van der Waals surface area (Å²) in [5.74, 6) is 0. The summed E-state index contributed by atoms with van der Waals surface area (Å²) in [7, 11) is -4.41. The summed E-state index contributed by atoms with van der Waals surface area (Å²) in [6, 6.07) is 8.86. The molecule has 0 bridgehead atoms. The molecule has 0 spiro atoms. The average Bonchev–Trinajstić information content (AvgIpc) is 2.49. The predicted molar refractivity (Wildman–Crippen MR) is 89.1 cm³/mol. The fourth-order valence-corrected chi connectivity index (χ4v) is 3.31. The summed E-state index contributed by atoms with van der Waals surface area (Å²) < 4.78 is 33.9. The summed E-state index contributed by atoms with van der Waals surface area (Å²) in [5.41, 5.74) is 2.49. The Bertz CT molecular complexity index is 754. The molecule has 5 heteroatoms. The van der Waals surface area contributed by atoms with Crippen molar-refractivity contribution in [1.29, 1.82) is 0 Å². The third kappa shape index (κ3) is 5.63. The molecule has 0 aromatic heterocycles. The fraction of sp³-hybridized carbons (Fsp3) is 0.444. The van der Waals surface area contributed by atoms with Crippen molar-refractivity contribution in [2.45, 2.75) is 57.3 Å². The van der Waals surface area contributed by atoms with Gasteiger partial charge in [-0.3, -0.25) is 0 Å². The van der Waals surface area contributed by atoms with Crippen LogP contribution in [0.25, 0.3) is 10.8 Å². The molecule has 0 heterocycles. The van der Waals surface area contributed by atoms with Gasteiger partial charge in [0.05, 0.1) is 4.90 Å².